The van der Waals surface area contributed by atoms with Crippen molar-refractivity contribution in [1.82, 2.24) is 4.98 Å². The minimum Gasteiger partial charge on any atom is -0.235 e. The molecule has 0 saturated heterocycles. The first kappa shape index (κ1) is 7.62. The van der Waals surface area contributed by atoms with Crippen LogP contribution in [0.5, 0.6) is 0 Å². The second kappa shape index (κ2) is 3.15. The first-order valence-corrected chi connectivity index (χ1v) is 5.33. The minimum atomic E-state index is 0.751. The zero-order valence-corrected chi connectivity index (χ0v) is 8.00. The summed E-state index contributed by atoms with van der Waals surface area (Å²) in [4.78, 5) is 4.38. The molecule has 0 N–H and O–H groups in total. The summed E-state index contributed by atoms with van der Waals surface area (Å²) in [5.74, 6) is 0.751. The van der Waals surface area contributed by atoms with Crippen molar-refractivity contribution in [3.8, 4) is 0 Å². The van der Waals surface area contributed by atoms with Crippen molar-refractivity contribution < 1.29 is 0 Å². The third-order valence-corrected chi connectivity index (χ3v) is 3.63. The molecule has 1 aliphatic rings. The van der Waals surface area contributed by atoms with E-state index in [2.05, 4.69) is 17.6 Å². The van der Waals surface area contributed by atoms with Gasteiger partial charge < -0.3 is 0 Å². The molecule has 1 heterocycles. The van der Waals surface area contributed by atoms with Gasteiger partial charge in [-0.2, -0.15) is 0 Å². The first-order valence-electron chi connectivity index (χ1n) is 4.00. The maximum Gasteiger partial charge on any atom is 0.104 e. The first-order chi connectivity index (χ1) is 5.36. The topological polar surface area (TPSA) is 12.9 Å². The SMILES string of the molecule is Sc1csc(C2CCCC2)n1. The predicted molar refractivity (Wildman–Crippen MR) is 50.6 cm³/mol. The lowest BCUT2D eigenvalue weighted by Crippen LogP contribution is -1.89. The summed E-state index contributed by atoms with van der Waals surface area (Å²) in [5.41, 5.74) is 0. The normalized spacial score (nSPS) is 19.4. The van der Waals surface area contributed by atoms with E-state index in [1.807, 2.05) is 5.38 Å². The molecule has 0 radical (unpaired) electrons. The van der Waals surface area contributed by atoms with Gasteiger partial charge in [0.15, 0.2) is 0 Å². The molecule has 0 atom stereocenters. The van der Waals surface area contributed by atoms with Crippen molar-refractivity contribution in [1.29, 1.82) is 0 Å². The molecule has 1 fully saturated rings. The van der Waals surface area contributed by atoms with Gasteiger partial charge in [0.25, 0.3) is 0 Å². The van der Waals surface area contributed by atoms with E-state index in [9.17, 15) is 0 Å². The summed E-state index contributed by atoms with van der Waals surface area (Å²) in [7, 11) is 0. The second-order valence-electron chi connectivity index (χ2n) is 3.03. The van der Waals surface area contributed by atoms with Gasteiger partial charge >= 0.3 is 0 Å². The molecular formula is C8H11NS2. The minimum absolute atomic E-state index is 0.751. The van der Waals surface area contributed by atoms with Crippen molar-refractivity contribution in [2.45, 2.75) is 36.6 Å². The van der Waals surface area contributed by atoms with Gasteiger partial charge in [0.05, 0.1) is 5.01 Å². The summed E-state index contributed by atoms with van der Waals surface area (Å²) < 4.78 is 0. The smallest absolute Gasteiger partial charge is 0.104 e. The van der Waals surface area contributed by atoms with Crippen molar-refractivity contribution in [3.63, 3.8) is 0 Å². The van der Waals surface area contributed by atoms with E-state index < -0.39 is 0 Å². The predicted octanol–water partition coefficient (Wildman–Crippen LogP) is 3.09. The van der Waals surface area contributed by atoms with E-state index in [-0.39, 0.29) is 0 Å². The highest BCUT2D eigenvalue weighted by molar-refractivity contribution is 7.80. The van der Waals surface area contributed by atoms with Gasteiger partial charge in [0, 0.05) is 11.3 Å². The molecule has 11 heavy (non-hydrogen) atoms. The number of rotatable bonds is 1. The summed E-state index contributed by atoms with van der Waals surface area (Å²) in [6.45, 7) is 0. The van der Waals surface area contributed by atoms with Gasteiger partial charge in [-0.3, -0.25) is 0 Å². The van der Waals surface area contributed by atoms with Crippen LogP contribution in [-0.2, 0) is 0 Å². The summed E-state index contributed by atoms with van der Waals surface area (Å²) in [5, 5.41) is 4.21. The fraction of sp³-hybridized carbons (Fsp3) is 0.625. The van der Waals surface area contributed by atoms with Crippen LogP contribution in [0.15, 0.2) is 10.4 Å². The van der Waals surface area contributed by atoms with Crippen LogP contribution in [0.2, 0.25) is 0 Å². The van der Waals surface area contributed by atoms with Crippen molar-refractivity contribution >= 4 is 24.0 Å². The Morgan fingerprint density at radius 2 is 2.18 bits per heavy atom. The van der Waals surface area contributed by atoms with E-state index in [4.69, 9.17) is 0 Å². The zero-order valence-electron chi connectivity index (χ0n) is 6.29. The third kappa shape index (κ3) is 1.59. The van der Waals surface area contributed by atoms with Gasteiger partial charge in [-0.15, -0.1) is 24.0 Å². The molecule has 60 valence electrons. The van der Waals surface area contributed by atoms with Gasteiger partial charge in [0.2, 0.25) is 0 Å². The van der Waals surface area contributed by atoms with E-state index >= 15 is 0 Å². The zero-order chi connectivity index (χ0) is 7.68. The monoisotopic (exact) mass is 185 g/mol. The van der Waals surface area contributed by atoms with Gasteiger partial charge in [-0.25, -0.2) is 4.98 Å². The van der Waals surface area contributed by atoms with E-state index in [1.165, 1.54) is 30.7 Å². The van der Waals surface area contributed by atoms with Crippen molar-refractivity contribution in [2.75, 3.05) is 0 Å². The van der Waals surface area contributed by atoms with Crippen LogP contribution < -0.4 is 0 Å². The largest absolute Gasteiger partial charge is 0.235 e. The van der Waals surface area contributed by atoms with E-state index in [0.717, 1.165) is 10.9 Å². The maximum absolute atomic E-state index is 4.38. The molecular weight excluding hydrogens is 174 g/mol. The van der Waals surface area contributed by atoms with E-state index in [1.54, 1.807) is 11.3 Å². The number of hydrogen-bond donors (Lipinski definition) is 1. The number of hydrogen-bond acceptors (Lipinski definition) is 3. The van der Waals surface area contributed by atoms with Gasteiger partial charge in [-0.1, -0.05) is 12.8 Å². The lowest BCUT2D eigenvalue weighted by atomic mass is 10.1. The van der Waals surface area contributed by atoms with Crippen LogP contribution in [0.1, 0.15) is 36.6 Å². The van der Waals surface area contributed by atoms with Crippen LogP contribution in [0.3, 0.4) is 0 Å². The van der Waals surface area contributed by atoms with Crippen LogP contribution in [-0.4, -0.2) is 4.98 Å². The van der Waals surface area contributed by atoms with Gasteiger partial charge in [-0.05, 0) is 12.8 Å². The molecule has 0 bridgehead atoms. The molecule has 1 aliphatic carbocycles. The molecule has 0 aromatic carbocycles. The Hall–Kier alpha value is -0.0200. The fourth-order valence-electron chi connectivity index (χ4n) is 1.64. The van der Waals surface area contributed by atoms with Crippen molar-refractivity contribution in [2.24, 2.45) is 0 Å². The highest BCUT2D eigenvalue weighted by atomic mass is 32.1. The number of thiol groups is 1. The van der Waals surface area contributed by atoms with Crippen LogP contribution in [0.4, 0.5) is 0 Å². The van der Waals surface area contributed by atoms with Crippen LogP contribution in [0, 0.1) is 0 Å². The Balaban J connectivity index is 2.15. The van der Waals surface area contributed by atoms with Crippen LogP contribution in [0.25, 0.3) is 0 Å². The number of nitrogens with zero attached hydrogens (tertiary/aromatic N) is 1. The molecule has 3 heteroatoms. The fourth-order valence-corrected chi connectivity index (χ4v) is 2.83. The Bertz CT molecular complexity index is 238. The second-order valence-corrected chi connectivity index (χ2v) is 4.37. The Labute approximate surface area is 76.3 Å². The quantitative estimate of drug-likeness (QED) is 0.663. The lowest BCUT2D eigenvalue weighted by Gasteiger charge is -2.01. The molecule has 0 aliphatic heterocycles. The molecule has 0 amide bonds. The Morgan fingerprint density at radius 3 is 2.73 bits per heavy atom. The van der Waals surface area contributed by atoms with E-state index in [0.29, 0.717) is 0 Å². The lowest BCUT2D eigenvalue weighted by molar-refractivity contribution is 0.710. The standard InChI is InChI=1S/C8H11NS2/c10-7-5-11-8(9-7)6-3-1-2-4-6/h5-6,10H,1-4H2. The molecule has 1 nitrogen and oxygen atoms in total. The molecule has 1 aromatic rings. The molecule has 0 spiro atoms. The Kier molecular flexibility index (Phi) is 2.18. The molecule has 1 saturated carbocycles. The Morgan fingerprint density at radius 1 is 1.45 bits per heavy atom. The number of aromatic nitrogens is 1. The molecule has 0 unspecified atom stereocenters. The average Bonchev–Trinajstić information content (AvgIpc) is 2.55. The van der Waals surface area contributed by atoms with Crippen molar-refractivity contribution in [3.05, 3.63) is 10.4 Å². The average molecular weight is 185 g/mol. The third-order valence-electron chi connectivity index (χ3n) is 2.21. The summed E-state index contributed by atoms with van der Waals surface area (Å²) in [6.07, 6.45) is 5.43. The summed E-state index contributed by atoms with van der Waals surface area (Å²) >= 11 is 5.96. The summed E-state index contributed by atoms with van der Waals surface area (Å²) in [6, 6.07) is 0. The number of thiazole rings is 1. The highest BCUT2D eigenvalue weighted by Crippen LogP contribution is 2.35. The highest BCUT2D eigenvalue weighted by Gasteiger charge is 2.19. The van der Waals surface area contributed by atoms with Crippen LogP contribution >= 0.6 is 24.0 Å². The van der Waals surface area contributed by atoms with Gasteiger partial charge in [0.1, 0.15) is 5.03 Å². The molecule has 1 aromatic heterocycles. The maximum atomic E-state index is 4.38. The molecule has 2 rings (SSSR count).